The van der Waals surface area contributed by atoms with Crippen LogP contribution in [0.15, 0.2) is 0 Å². The van der Waals surface area contributed by atoms with Gasteiger partial charge in [-0.25, -0.2) is 0 Å². The SMILES string of the molecule is CCC(CSC)N1CCCC1. The van der Waals surface area contributed by atoms with Crippen molar-refractivity contribution in [1.29, 1.82) is 0 Å². The maximum atomic E-state index is 2.65. The first-order chi connectivity index (χ1) is 5.38. The number of hydrogen-bond acceptors (Lipinski definition) is 2. The average molecular weight is 173 g/mol. The standard InChI is InChI=1S/C9H19NS/c1-3-9(8-11-2)10-6-4-5-7-10/h9H,3-8H2,1-2H3. The van der Waals surface area contributed by atoms with Crippen molar-refractivity contribution in [3.8, 4) is 0 Å². The van der Waals surface area contributed by atoms with Crippen LogP contribution in [0.1, 0.15) is 26.2 Å². The van der Waals surface area contributed by atoms with E-state index in [0.29, 0.717) is 0 Å². The van der Waals surface area contributed by atoms with E-state index in [1.807, 2.05) is 11.8 Å². The fraction of sp³-hybridized carbons (Fsp3) is 1.00. The van der Waals surface area contributed by atoms with Crippen LogP contribution in [0.4, 0.5) is 0 Å². The highest BCUT2D eigenvalue weighted by molar-refractivity contribution is 7.98. The lowest BCUT2D eigenvalue weighted by molar-refractivity contribution is 0.257. The molecule has 1 aliphatic rings. The molecule has 1 aliphatic heterocycles. The molecule has 0 spiro atoms. The second kappa shape index (κ2) is 5.04. The van der Waals surface area contributed by atoms with Crippen molar-refractivity contribution >= 4 is 11.8 Å². The van der Waals surface area contributed by atoms with E-state index in [1.165, 1.54) is 38.1 Å². The van der Waals surface area contributed by atoms with Crippen LogP contribution in [-0.4, -0.2) is 36.0 Å². The molecule has 1 heterocycles. The van der Waals surface area contributed by atoms with E-state index in [-0.39, 0.29) is 0 Å². The zero-order valence-corrected chi connectivity index (χ0v) is 8.49. The van der Waals surface area contributed by atoms with Gasteiger partial charge in [-0.3, -0.25) is 4.90 Å². The van der Waals surface area contributed by atoms with Gasteiger partial charge in [-0.05, 0) is 38.6 Å². The molecule has 1 unspecified atom stereocenters. The molecule has 66 valence electrons. The fourth-order valence-electron chi connectivity index (χ4n) is 1.78. The van der Waals surface area contributed by atoms with Gasteiger partial charge in [-0.2, -0.15) is 11.8 Å². The predicted molar refractivity (Wildman–Crippen MR) is 53.3 cm³/mol. The summed E-state index contributed by atoms with van der Waals surface area (Å²) in [7, 11) is 0. The van der Waals surface area contributed by atoms with E-state index in [2.05, 4.69) is 18.1 Å². The van der Waals surface area contributed by atoms with Crippen molar-refractivity contribution in [2.75, 3.05) is 25.1 Å². The molecule has 11 heavy (non-hydrogen) atoms. The van der Waals surface area contributed by atoms with E-state index in [0.717, 1.165) is 6.04 Å². The van der Waals surface area contributed by atoms with Crippen molar-refractivity contribution in [2.45, 2.75) is 32.2 Å². The summed E-state index contributed by atoms with van der Waals surface area (Å²) in [6, 6.07) is 0.854. The summed E-state index contributed by atoms with van der Waals surface area (Å²) in [5.74, 6) is 1.32. The Morgan fingerprint density at radius 2 is 2.00 bits per heavy atom. The summed E-state index contributed by atoms with van der Waals surface area (Å²) in [6.07, 6.45) is 6.37. The largest absolute Gasteiger partial charge is 0.300 e. The van der Waals surface area contributed by atoms with Crippen LogP contribution in [0.3, 0.4) is 0 Å². The summed E-state index contributed by atoms with van der Waals surface area (Å²) in [6.45, 7) is 5.00. The first-order valence-corrected chi connectivity index (χ1v) is 6.01. The molecule has 0 aromatic carbocycles. The van der Waals surface area contributed by atoms with Crippen molar-refractivity contribution in [1.82, 2.24) is 4.90 Å². The molecular weight excluding hydrogens is 154 g/mol. The molecule has 0 amide bonds. The van der Waals surface area contributed by atoms with Crippen molar-refractivity contribution in [3.63, 3.8) is 0 Å². The van der Waals surface area contributed by atoms with Crippen LogP contribution in [0, 0.1) is 0 Å². The van der Waals surface area contributed by atoms with Crippen LogP contribution < -0.4 is 0 Å². The van der Waals surface area contributed by atoms with Gasteiger partial charge in [0.05, 0.1) is 0 Å². The Bertz CT molecular complexity index is 99.7. The molecule has 1 saturated heterocycles. The number of nitrogens with zero attached hydrogens (tertiary/aromatic N) is 1. The van der Waals surface area contributed by atoms with Gasteiger partial charge < -0.3 is 0 Å². The lowest BCUT2D eigenvalue weighted by atomic mass is 10.2. The third kappa shape index (κ3) is 2.68. The molecule has 1 fully saturated rings. The highest BCUT2D eigenvalue weighted by Crippen LogP contribution is 2.16. The first kappa shape index (κ1) is 9.40. The van der Waals surface area contributed by atoms with E-state index in [1.54, 1.807) is 0 Å². The van der Waals surface area contributed by atoms with Gasteiger partial charge in [-0.15, -0.1) is 0 Å². The fourth-order valence-corrected chi connectivity index (χ4v) is 2.61. The van der Waals surface area contributed by atoms with Gasteiger partial charge in [0, 0.05) is 11.8 Å². The van der Waals surface area contributed by atoms with Crippen molar-refractivity contribution in [3.05, 3.63) is 0 Å². The quantitative estimate of drug-likeness (QED) is 0.641. The minimum atomic E-state index is 0.854. The highest BCUT2D eigenvalue weighted by atomic mass is 32.2. The zero-order valence-electron chi connectivity index (χ0n) is 7.68. The third-order valence-electron chi connectivity index (χ3n) is 2.49. The van der Waals surface area contributed by atoms with Crippen LogP contribution in [0.5, 0.6) is 0 Å². The smallest absolute Gasteiger partial charge is 0.0183 e. The summed E-state index contributed by atoms with van der Waals surface area (Å²) in [5, 5.41) is 0. The zero-order chi connectivity index (χ0) is 8.10. The second-order valence-corrected chi connectivity index (χ2v) is 4.17. The minimum absolute atomic E-state index is 0.854. The normalized spacial score (nSPS) is 22.4. The van der Waals surface area contributed by atoms with E-state index in [4.69, 9.17) is 0 Å². The van der Waals surface area contributed by atoms with Crippen LogP contribution in [0.25, 0.3) is 0 Å². The van der Waals surface area contributed by atoms with Gasteiger partial charge in [-0.1, -0.05) is 6.92 Å². The first-order valence-electron chi connectivity index (χ1n) is 4.61. The molecule has 0 N–H and O–H groups in total. The Morgan fingerprint density at radius 1 is 1.36 bits per heavy atom. The van der Waals surface area contributed by atoms with Crippen LogP contribution in [0.2, 0.25) is 0 Å². The summed E-state index contributed by atoms with van der Waals surface area (Å²) < 4.78 is 0. The van der Waals surface area contributed by atoms with Crippen molar-refractivity contribution in [2.24, 2.45) is 0 Å². The lowest BCUT2D eigenvalue weighted by Gasteiger charge is -2.25. The second-order valence-electron chi connectivity index (χ2n) is 3.26. The molecule has 0 aliphatic carbocycles. The van der Waals surface area contributed by atoms with Gasteiger partial charge in [0.15, 0.2) is 0 Å². The minimum Gasteiger partial charge on any atom is -0.300 e. The lowest BCUT2D eigenvalue weighted by Crippen LogP contribution is -2.33. The van der Waals surface area contributed by atoms with Gasteiger partial charge >= 0.3 is 0 Å². The molecular formula is C9H19NS. The van der Waals surface area contributed by atoms with Crippen LogP contribution in [-0.2, 0) is 0 Å². The third-order valence-corrected chi connectivity index (χ3v) is 3.21. The average Bonchev–Trinajstić information content (AvgIpc) is 2.52. The number of likely N-dealkylation sites (tertiary alicyclic amines) is 1. The van der Waals surface area contributed by atoms with Crippen LogP contribution >= 0.6 is 11.8 Å². The molecule has 1 atom stereocenters. The number of hydrogen-bond donors (Lipinski definition) is 0. The molecule has 0 bridgehead atoms. The summed E-state index contributed by atoms with van der Waals surface area (Å²) in [5.41, 5.74) is 0. The van der Waals surface area contributed by atoms with Gasteiger partial charge in [0.25, 0.3) is 0 Å². The molecule has 1 rings (SSSR count). The molecule has 1 nitrogen and oxygen atoms in total. The Kier molecular flexibility index (Phi) is 4.31. The predicted octanol–water partition coefficient (Wildman–Crippen LogP) is 2.22. The Morgan fingerprint density at radius 3 is 2.45 bits per heavy atom. The maximum absolute atomic E-state index is 2.65. The number of rotatable bonds is 4. The summed E-state index contributed by atoms with van der Waals surface area (Å²) in [4.78, 5) is 2.65. The number of thioether (sulfide) groups is 1. The Balaban J connectivity index is 2.27. The Labute approximate surface area is 74.5 Å². The van der Waals surface area contributed by atoms with Gasteiger partial charge in [0.2, 0.25) is 0 Å². The molecule has 0 aromatic heterocycles. The molecule has 2 heteroatoms. The van der Waals surface area contributed by atoms with Crippen molar-refractivity contribution < 1.29 is 0 Å². The van der Waals surface area contributed by atoms with E-state index in [9.17, 15) is 0 Å². The maximum Gasteiger partial charge on any atom is 0.0183 e. The molecule has 0 radical (unpaired) electrons. The highest BCUT2D eigenvalue weighted by Gasteiger charge is 2.19. The van der Waals surface area contributed by atoms with Gasteiger partial charge in [0.1, 0.15) is 0 Å². The topological polar surface area (TPSA) is 3.24 Å². The molecule has 0 saturated carbocycles. The summed E-state index contributed by atoms with van der Waals surface area (Å²) >= 11 is 1.98. The van der Waals surface area contributed by atoms with E-state index >= 15 is 0 Å². The Hall–Kier alpha value is 0.310. The monoisotopic (exact) mass is 173 g/mol. The molecule has 0 aromatic rings. The van der Waals surface area contributed by atoms with E-state index < -0.39 is 0 Å².